The SMILES string of the molecule is CC1CC2CC(C1)CC(c1cc3[nH]c4cccc5c6cccc7c8ccccc8n(c(c1)c3c45)c67)C2. The van der Waals surface area contributed by atoms with E-state index in [2.05, 4.69) is 89.1 Å². The minimum atomic E-state index is 0.670. The summed E-state index contributed by atoms with van der Waals surface area (Å²) in [7, 11) is 0. The van der Waals surface area contributed by atoms with E-state index in [1.165, 1.54) is 92.0 Å². The lowest BCUT2D eigenvalue weighted by Crippen LogP contribution is -2.29. The van der Waals surface area contributed by atoms with Crippen molar-refractivity contribution in [3.63, 3.8) is 0 Å². The van der Waals surface area contributed by atoms with Crippen LogP contribution in [0.5, 0.6) is 0 Å². The molecule has 4 aromatic carbocycles. The molecular weight excluding hydrogens is 436 g/mol. The minimum absolute atomic E-state index is 0.670. The Morgan fingerprint density at radius 3 is 2.22 bits per heavy atom. The van der Waals surface area contributed by atoms with Crippen molar-refractivity contribution in [3.05, 3.63) is 78.4 Å². The van der Waals surface area contributed by atoms with Crippen LogP contribution in [0, 0.1) is 17.8 Å². The summed E-state index contributed by atoms with van der Waals surface area (Å²) in [4.78, 5) is 3.85. The number of nitrogens with zero attached hydrogens (tertiary/aromatic N) is 1. The van der Waals surface area contributed by atoms with Crippen LogP contribution in [0.3, 0.4) is 0 Å². The van der Waals surface area contributed by atoms with Gasteiger partial charge >= 0.3 is 0 Å². The van der Waals surface area contributed by atoms with Crippen LogP contribution in [0.4, 0.5) is 0 Å². The van der Waals surface area contributed by atoms with Crippen molar-refractivity contribution in [3.8, 4) is 0 Å². The van der Waals surface area contributed by atoms with Crippen molar-refractivity contribution >= 4 is 59.9 Å². The van der Waals surface area contributed by atoms with Gasteiger partial charge in [-0.3, -0.25) is 0 Å². The lowest BCUT2D eigenvalue weighted by atomic mass is 9.64. The Kier molecular flexibility index (Phi) is 3.72. The van der Waals surface area contributed by atoms with Crippen LogP contribution in [0.2, 0.25) is 0 Å². The van der Waals surface area contributed by atoms with Crippen molar-refractivity contribution in [1.82, 2.24) is 9.38 Å². The van der Waals surface area contributed by atoms with E-state index in [9.17, 15) is 0 Å². The van der Waals surface area contributed by atoms with Gasteiger partial charge in [-0.05, 0) is 91.0 Å². The van der Waals surface area contributed by atoms with Crippen LogP contribution in [0.25, 0.3) is 59.9 Å². The molecule has 0 spiro atoms. The highest BCUT2D eigenvalue weighted by Crippen LogP contribution is 2.50. The van der Waals surface area contributed by atoms with Crippen LogP contribution in [-0.4, -0.2) is 9.38 Å². The van der Waals surface area contributed by atoms with Gasteiger partial charge in [0.05, 0.1) is 16.6 Å². The fourth-order valence-corrected chi connectivity index (χ4v) is 8.66. The van der Waals surface area contributed by atoms with Crippen LogP contribution in [0.1, 0.15) is 50.5 Å². The van der Waals surface area contributed by atoms with Gasteiger partial charge in [-0.1, -0.05) is 55.5 Å². The number of nitrogens with one attached hydrogen (secondary N) is 1. The standard InChI is InChI=1S/C34H30N2/c1-19-12-20-14-21(13-19)16-22(15-20)23-17-29-33-31(18-23)36-30-11-3-2-6-24(30)26-8-4-9-27(34(26)36)25-7-5-10-28(35-29)32(25)33/h2-11,17-22,35H,12-16H2,1H3. The molecule has 2 heteroatoms. The molecule has 1 N–H and O–H groups in total. The number of aromatic nitrogens is 2. The van der Waals surface area contributed by atoms with E-state index >= 15 is 0 Å². The molecule has 2 atom stereocenters. The van der Waals surface area contributed by atoms with Gasteiger partial charge in [-0.15, -0.1) is 0 Å². The summed E-state index contributed by atoms with van der Waals surface area (Å²) >= 11 is 0. The Hall–Kier alpha value is -3.52. The number of hydrogen-bond donors (Lipinski definition) is 1. The third-order valence-electron chi connectivity index (χ3n) is 9.79. The van der Waals surface area contributed by atoms with E-state index in [0.717, 1.165) is 17.8 Å². The Bertz CT molecular complexity index is 1950. The van der Waals surface area contributed by atoms with Crippen LogP contribution < -0.4 is 0 Å². The lowest BCUT2D eigenvalue weighted by Gasteiger charge is -2.42. The second-order valence-corrected chi connectivity index (χ2v) is 12.1. The van der Waals surface area contributed by atoms with E-state index in [1.54, 1.807) is 5.56 Å². The number of para-hydroxylation sites is 2. The quantitative estimate of drug-likeness (QED) is 0.249. The fraction of sp³-hybridized carbons (Fsp3) is 0.294. The van der Waals surface area contributed by atoms with Crippen molar-refractivity contribution < 1.29 is 0 Å². The summed E-state index contributed by atoms with van der Waals surface area (Å²) < 4.78 is 2.59. The molecule has 3 aromatic heterocycles. The maximum atomic E-state index is 3.85. The molecule has 2 aliphatic rings. The van der Waals surface area contributed by atoms with Crippen LogP contribution >= 0.6 is 0 Å². The van der Waals surface area contributed by atoms with E-state index in [-0.39, 0.29) is 0 Å². The highest BCUT2D eigenvalue weighted by molar-refractivity contribution is 6.30. The molecule has 2 bridgehead atoms. The van der Waals surface area contributed by atoms with E-state index in [4.69, 9.17) is 0 Å². The maximum Gasteiger partial charge on any atom is 0.0619 e. The molecule has 3 heterocycles. The summed E-state index contributed by atoms with van der Waals surface area (Å²) in [6, 6.07) is 27.7. The first kappa shape index (κ1) is 19.6. The zero-order valence-electron chi connectivity index (χ0n) is 20.7. The van der Waals surface area contributed by atoms with Crippen molar-refractivity contribution in [2.75, 3.05) is 0 Å². The van der Waals surface area contributed by atoms with Crippen molar-refractivity contribution in [2.45, 2.75) is 44.9 Å². The number of aromatic amines is 1. The summed E-state index contributed by atoms with van der Waals surface area (Å²) in [5.41, 5.74) is 8.13. The largest absolute Gasteiger partial charge is 0.354 e. The maximum absolute atomic E-state index is 3.85. The molecule has 0 aliphatic heterocycles. The van der Waals surface area contributed by atoms with Gasteiger partial charge in [0.25, 0.3) is 0 Å². The van der Waals surface area contributed by atoms with Gasteiger partial charge in [0.1, 0.15) is 0 Å². The molecule has 0 amide bonds. The molecule has 2 unspecified atom stereocenters. The number of benzene rings is 4. The Labute approximate surface area is 210 Å². The number of hydrogen-bond acceptors (Lipinski definition) is 0. The van der Waals surface area contributed by atoms with E-state index in [1.807, 2.05) is 0 Å². The molecule has 36 heavy (non-hydrogen) atoms. The molecule has 2 saturated carbocycles. The highest BCUT2D eigenvalue weighted by atomic mass is 14.9. The molecule has 176 valence electrons. The topological polar surface area (TPSA) is 20.2 Å². The molecule has 9 rings (SSSR count). The second kappa shape index (κ2) is 6.82. The number of fused-ring (bicyclic) bond motifs is 7. The molecule has 2 nitrogen and oxygen atoms in total. The van der Waals surface area contributed by atoms with Crippen molar-refractivity contribution in [1.29, 1.82) is 0 Å². The predicted octanol–water partition coefficient (Wildman–Crippen LogP) is 9.40. The molecule has 0 saturated heterocycles. The van der Waals surface area contributed by atoms with Crippen LogP contribution in [-0.2, 0) is 0 Å². The summed E-state index contributed by atoms with van der Waals surface area (Å²) in [6.45, 7) is 2.47. The molecule has 2 fully saturated rings. The predicted molar refractivity (Wildman–Crippen MR) is 152 cm³/mol. The van der Waals surface area contributed by atoms with Gasteiger partial charge in [-0.25, -0.2) is 0 Å². The Morgan fingerprint density at radius 2 is 1.36 bits per heavy atom. The van der Waals surface area contributed by atoms with Gasteiger partial charge in [0, 0.05) is 38.0 Å². The molecule has 2 aliphatic carbocycles. The average molecular weight is 467 g/mol. The minimum Gasteiger partial charge on any atom is -0.354 e. The van der Waals surface area contributed by atoms with Gasteiger partial charge in [0.15, 0.2) is 0 Å². The van der Waals surface area contributed by atoms with Crippen molar-refractivity contribution in [2.24, 2.45) is 17.8 Å². The molecule has 0 radical (unpaired) electrons. The zero-order chi connectivity index (χ0) is 23.5. The van der Waals surface area contributed by atoms with Gasteiger partial charge in [0.2, 0.25) is 0 Å². The highest BCUT2D eigenvalue weighted by Gasteiger charge is 2.35. The Morgan fingerprint density at radius 1 is 0.639 bits per heavy atom. The second-order valence-electron chi connectivity index (χ2n) is 12.1. The number of H-pyrrole nitrogens is 1. The summed E-state index contributed by atoms with van der Waals surface area (Å²) in [6.07, 6.45) is 7.02. The average Bonchev–Trinajstić information content (AvgIpc) is 3.39. The normalized spacial score (nSPS) is 24.8. The third-order valence-corrected chi connectivity index (χ3v) is 9.79. The van der Waals surface area contributed by atoms with Crippen LogP contribution in [0.15, 0.2) is 72.8 Å². The first-order valence-corrected chi connectivity index (χ1v) is 13.8. The lowest BCUT2D eigenvalue weighted by molar-refractivity contribution is 0.130. The summed E-state index contributed by atoms with van der Waals surface area (Å²) in [5, 5.41) is 8.15. The Balaban J connectivity index is 1.46. The fourth-order valence-electron chi connectivity index (χ4n) is 8.66. The summed E-state index contributed by atoms with van der Waals surface area (Å²) in [5.74, 6) is 3.39. The van der Waals surface area contributed by atoms with E-state index < -0.39 is 0 Å². The van der Waals surface area contributed by atoms with E-state index in [0.29, 0.717) is 5.92 Å². The third kappa shape index (κ3) is 2.47. The smallest absolute Gasteiger partial charge is 0.0619 e. The van der Waals surface area contributed by atoms with Gasteiger partial charge in [-0.2, -0.15) is 0 Å². The first-order valence-electron chi connectivity index (χ1n) is 13.8. The van der Waals surface area contributed by atoms with Gasteiger partial charge < -0.3 is 9.38 Å². The molecule has 7 aromatic rings. The first-order chi connectivity index (χ1) is 17.7. The zero-order valence-corrected chi connectivity index (χ0v) is 20.7. The molecular formula is C34H30N2. The number of rotatable bonds is 1. The monoisotopic (exact) mass is 466 g/mol.